The van der Waals surface area contributed by atoms with Crippen LogP contribution < -0.4 is 10.5 Å². The van der Waals surface area contributed by atoms with Gasteiger partial charge in [-0.1, -0.05) is 32.4 Å². The highest BCUT2D eigenvalue weighted by Crippen LogP contribution is 2.23. The molecule has 6 nitrogen and oxygen atoms in total. The van der Waals surface area contributed by atoms with Gasteiger partial charge in [-0.2, -0.15) is 5.10 Å². The molecule has 1 amide bonds. The Morgan fingerprint density at radius 3 is 2.45 bits per heavy atom. The lowest BCUT2D eigenvalue weighted by molar-refractivity contribution is -0.139. The average molecular weight is 299 g/mol. The van der Waals surface area contributed by atoms with E-state index in [1.165, 1.54) is 0 Å². The Hall–Kier alpha value is -1.56. The SMILES string of the molecule is CC(C)(C)C(=O)N1CCN(c2cn[nH]c(=O)c2Cl)CC1. The van der Waals surface area contributed by atoms with Crippen LogP contribution in [0.1, 0.15) is 20.8 Å². The first-order chi connectivity index (χ1) is 9.30. The fourth-order valence-electron chi connectivity index (χ4n) is 2.22. The number of H-pyrrole nitrogens is 1. The van der Waals surface area contributed by atoms with E-state index in [-0.39, 0.29) is 16.3 Å². The molecule has 2 heterocycles. The number of piperazine rings is 1. The number of nitrogens with one attached hydrogen (secondary N) is 1. The zero-order chi connectivity index (χ0) is 14.9. The van der Waals surface area contributed by atoms with Crippen LogP contribution in [0.15, 0.2) is 11.0 Å². The van der Waals surface area contributed by atoms with Crippen LogP contribution in [0.3, 0.4) is 0 Å². The van der Waals surface area contributed by atoms with Gasteiger partial charge in [-0.3, -0.25) is 9.59 Å². The molecule has 0 spiro atoms. The summed E-state index contributed by atoms with van der Waals surface area (Å²) in [5, 5.41) is 6.22. The molecule has 1 aliphatic rings. The second-order valence-corrected chi connectivity index (χ2v) is 6.31. The van der Waals surface area contributed by atoms with Crippen molar-refractivity contribution in [2.45, 2.75) is 20.8 Å². The summed E-state index contributed by atoms with van der Waals surface area (Å²) >= 11 is 5.99. The van der Waals surface area contributed by atoms with Gasteiger partial charge in [0.05, 0.1) is 11.9 Å². The van der Waals surface area contributed by atoms with Crippen LogP contribution in [-0.4, -0.2) is 47.2 Å². The maximum Gasteiger partial charge on any atom is 0.285 e. The standard InChI is InChI=1S/C13H19ClN4O2/c1-13(2,3)12(20)18-6-4-17(5-7-18)9-8-15-16-11(19)10(9)14/h8H,4-7H2,1-3H3,(H,16,19). The van der Waals surface area contributed by atoms with E-state index < -0.39 is 5.56 Å². The molecule has 2 rings (SSSR count). The Balaban J connectivity index is 2.07. The molecule has 0 aromatic carbocycles. The lowest BCUT2D eigenvalue weighted by Gasteiger charge is -2.38. The lowest BCUT2D eigenvalue weighted by atomic mass is 9.94. The molecular formula is C13H19ClN4O2. The van der Waals surface area contributed by atoms with E-state index in [9.17, 15) is 9.59 Å². The third-order valence-electron chi connectivity index (χ3n) is 3.33. The van der Waals surface area contributed by atoms with Crippen molar-refractivity contribution in [3.05, 3.63) is 21.6 Å². The molecule has 1 fully saturated rings. The van der Waals surface area contributed by atoms with Gasteiger partial charge in [-0.25, -0.2) is 5.10 Å². The average Bonchev–Trinajstić information content (AvgIpc) is 2.40. The Labute approximate surface area is 122 Å². The highest BCUT2D eigenvalue weighted by atomic mass is 35.5. The van der Waals surface area contributed by atoms with Gasteiger partial charge in [0, 0.05) is 31.6 Å². The van der Waals surface area contributed by atoms with Crippen LogP contribution in [0.25, 0.3) is 0 Å². The van der Waals surface area contributed by atoms with Crippen LogP contribution in [0.4, 0.5) is 5.69 Å². The fourth-order valence-corrected chi connectivity index (χ4v) is 2.43. The Kier molecular flexibility index (Phi) is 4.04. The predicted molar refractivity (Wildman–Crippen MR) is 78.1 cm³/mol. The normalized spacial score (nSPS) is 16.4. The minimum Gasteiger partial charge on any atom is -0.365 e. The number of carbonyl (C=O) groups excluding carboxylic acids is 1. The number of halogens is 1. The summed E-state index contributed by atoms with van der Waals surface area (Å²) in [7, 11) is 0. The summed E-state index contributed by atoms with van der Waals surface area (Å²) in [5.41, 5.74) is -0.138. The molecule has 1 aliphatic heterocycles. The molecule has 0 radical (unpaired) electrons. The maximum atomic E-state index is 12.2. The van der Waals surface area contributed by atoms with Gasteiger partial charge in [0.1, 0.15) is 5.02 Å². The molecule has 0 atom stereocenters. The summed E-state index contributed by atoms with van der Waals surface area (Å²) in [4.78, 5) is 27.5. The van der Waals surface area contributed by atoms with Crippen LogP contribution in [0, 0.1) is 5.41 Å². The molecule has 110 valence electrons. The number of anilines is 1. The minimum absolute atomic E-state index is 0.146. The first-order valence-corrected chi connectivity index (χ1v) is 6.96. The van der Waals surface area contributed by atoms with Crippen molar-refractivity contribution < 1.29 is 4.79 Å². The molecule has 1 aromatic heterocycles. The molecule has 0 unspecified atom stereocenters. The highest BCUT2D eigenvalue weighted by Gasteiger charge is 2.30. The fraction of sp³-hybridized carbons (Fsp3) is 0.615. The monoisotopic (exact) mass is 298 g/mol. The van der Waals surface area contributed by atoms with Crippen molar-refractivity contribution in [2.75, 3.05) is 31.1 Å². The molecule has 0 saturated carbocycles. The smallest absolute Gasteiger partial charge is 0.285 e. The Morgan fingerprint density at radius 1 is 1.30 bits per heavy atom. The summed E-state index contributed by atoms with van der Waals surface area (Å²) in [5.74, 6) is 0.146. The van der Waals surface area contributed by atoms with Gasteiger partial charge in [0.15, 0.2) is 0 Å². The van der Waals surface area contributed by atoms with Gasteiger partial charge in [-0.05, 0) is 0 Å². The number of hydrogen-bond donors (Lipinski definition) is 1. The van der Waals surface area contributed by atoms with Gasteiger partial charge in [-0.15, -0.1) is 0 Å². The maximum absolute atomic E-state index is 12.2. The van der Waals surface area contributed by atoms with Crippen molar-refractivity contribution in [1.29, 1.82) is 0 Å². The summed E-state index contributed by atoms with van der Waals surface area (Å²) in [6.07, 6.45) is 1.55. The van der Waals surface area contributed by atoms with E-state index in [0.29, 0.717) is 31.9 Å². The van der Waals surface area contributed by atoms with Crippen molar-refractivity contribution in [2.24, 2.45) is 5.41 Å². The van der Waals surface area contributed by atoms with E-state index in [2.05, 4.69) is 10.2 Å². The third kappa shape index (κ3) is 2.95. The first-order valence-electron chi connectivity index (χ1n) is 6.58. The van der Waals surface area contributed by atoms with Gasteiger partial charge < -0.3 is 9.80 Å². The van der Waals surface area contributed by atoms with E-state index in [0.717, 1.165) is 0 Å². The molecule has 20 heavy (non-hydrogen) atoms. The summed E-state index contributed by atoms with van der Waals surface area (Å²) in [6, 6.07) is 0. The number of amides is 1. The number of aromatic amines is 1. The van der Waals surface area contributed by atoms with Crippen LogP contribution in [-0.2, 0) is 4.79 Å². The second-order valence-electron chi connectivity index (χ2n) is 5.93. The molecule has 1 saturated heterocycles. The van der Waals surface area contributed by atoms with E-state index in [1.807, 2.05) is 30.6 Å². The largest absolute Gasteiger partial charge is 0.365 e. The van der Waals surface area contributed by atoms with E-state index >= 15 is 0 Å². The van der Waals surface area contributed by atoms with Gasteiger partial charge in [0.2, 0.25) is 5.91 Å². The third-order valence-corrected chi connectivity index (χ3v) is 3.69. The number of nitrogens with zero attached hydrogens (tertiary/aromatic N) is 3. The van der Waals surface area contributed by atoms with Crippen LogP contribution in [0.2, 0.25) is 5.02 Å². The predicted octanol–water partition coefficient (Wildman–Crippen LogP) is 1.12. The molecular weight excluding hydrogens is 280 g/mol. The first kappa shape index (κ1) is 14.8. The number of hydrogen-bond acceptors (Lipinski definition) is 4. The van der Waals surface area contributed by atoms with Gasteiger partial charge >= 0.3 is 0 Å². The second kappa shape index (κ2) is 5.44. The zero-order valence-electron chi connectivity index (χ0n) is 11.9. The quantitative estimate of drug-likeness (QED) is 0.843. The number of aromatic nitrogens is 2. The highest BCUT2D eigenvalue weighted by molar-refractivity contribution is 6.33. The van der Waals surface area contributed by atoms with E-state index in [4.69, 9.17) is 11.6 Å². The van der Waals surface area contributed by atoms with E-state index in [1.54, 1.807) is 6.20 Å². The number of carbonyl (C=O) groups is 1. The summed E-state index contributed by atoms with van der Waals surface area (Å²) < 4.78 is 0. The van der Waals surface area contributed by atoms with Gasteiger partial charge in [0.25, 0.3) is 5.56 Å². The summed E-state index contributed by atoms with van der Waals surface area (Å²) in [6.45, 7) is 8.29. The van der Waals surface area contributed by atoms with Crippen LogP contribution in [0.5, 0.6) is 0 Å². The van der Waals surface area contributed by atoms with Crippen molar-refractivity contribution in [3.8, 4) is 0 Å². The Bertz CT molecular complexity index is 556. The topological polar surface area (TPSA) is 69.3 Å². The van der Waals surface area contributed by atoms with Crippen LogP contribution >= 0.6 is 11.6 Å². The number of rotatable bonds is 1. The molecule has 1 aromatic rings. The van der Waals surface area contributed by atoms with Crippen molar-refractivity contribution in [1.82, 2.24) is 15.1 Å². The van der Waals surface area contributed by atoms with Crippen molar-refractivity contribution >= 4 is 23.2 Å². The Morgan fingerprint density at radius 2 is 1.90 bits per heavy atom. The molecule has 1 N–H and O–H groups in total. The molecule has 0 aliphatic carbocycles. The zero-order valence-corrected chi connectivity index (χ0v) is 12.7. The molecule has 0 bridgehead atoms. The van der Waals surface area contributed by atoms with Crippen molar-refractivity contribution in [3.63, 3.8) is 0 Å². The molecule has 7 heteroatoms. The minimum atomic E-state index is -0.391. The lowest BCUT2D eigenvalue weighted by Crippen LogP contribution is -2.52.